The molecule has 0 spiro atoms. The van der Waals surface area contributed by atoms with E-state index in [0.29, 0.717) is 24.6 Å². The highest BCUT2D eigenvalue weighted by atomic mass is 16.2. The van der Waals surface area contributed by atoms with Gasteiger partial charge in [0.2, 0.25) is 5.91 Å². The van der Waals surface area contributed by atoms with Gasteiger partial charge in [0.05, 0.1) is 0 Å². The summed E-state index contributed by atoms with van der Waals surface area (Å²) in [5.74, 6) is 0.358. The first-order chi connectivity index (χ1) is 12.4. The second kappa shape index (κ2) is 7.32. The minimum atomic E-state index is -0.472. The molecule has 1 heterocycles. The number of piperazine rings is 1. The first kappa shape index (κ1) is 18.2. The molecule has 136 valence electrons. The van der Waals surface area contributed by atoms with Gasteiger partial charge in [-0.25, -0.2) is 0 Å². The van der Waals surface area contributed by atoms with Gasteiger partial charge in [-0.05, 0) is 49.1 Å². The number of anilines is 1. The Morgan fingerprint density at radius 3 is 2.31 bits per heavy atom. The van der Waals surface area contributed by atoms with Crippen molar-refractivity contribution >= 4 is 17.5 Å². The number of nitrogens with zero attached hydrogens (tertiary/aromatic N) is 2. The second-order valence-corrected chi connectivity index (χ2v) is 7.23. The van der Waals surface area contributed by atoms with Gasteiger partial charge in [0.1, 0.15) is 6.04 Å². The third kappa shape index (κ3) is 3.36. The number of aryl methyl sites for hydroxylation is 1. The third-order valence-corrected chi connectivity index (χ3v) is 5.16. The summed E-state index contributed by atoms with van der Waals surface area (Å²) in [7, 11) is 0. The summed E-state index contributed by atoms with van der Waals surface area (Å²) in [6, 6.07) is 15.2. The van der Waals surface area contributed by atoms with Crippen LogP contribution in [0.25, 0.3) is 0 Å². The van der Waals surface area contributed by atoms with Crippen LogP contribution in [0.3, 0.4) is 0 Å². The van der Waals surface area contributed by atoms with E-state index in [2.05, 4.69) is 26.0 Å². The second-order valence-electron chi connectivity index (χ2n) is 7.23. The predicted molar refractivity (Wildman–Crippen MR) is 105 cm³/mol. The number of hydrogen-bond acceptors (Lipinski definition) is 2. The standard InChI is InChI=1S/C22H26N2O2/c1-15(2)18-9-11-19(12-10-18)24-14-13-23(17(4)21(24)25)22(26)20-8-6-5-7-16(20)3/h5-12,15,17H,13-14H2,1-4H3/t17-/m1/s1. The molecule has 0 bridgehead atoms. The van der Waals surface area contributed by atoms with Crippen LogP contribution in [0.5, 0.6) is 0 Å². The molecule has 1 aliphatic rings. The average Bonchev–Trinajstić information content (AvgIpc) is 2.64. The largest absolute Gasteiger partial charge is 0.325 e. The van der Waals surface area contributed by atoms with Crippen molar-refractivity contribution in [2.75, 3.05) is 18.0 Å². The Hall–Kier alpha value is -2.62. The van der Waals surface area contributed by atoms with E-state index in [1.165, 1.54) is 5.56 Å². The van der Waals surface area contributed by atoms with Crippen LogP contribution in [0.15, 0.2) is 48.5 Å². The van der Waals surface area contributed by atoms with E-state index in [-0.39, 0.29) is 11.8 Å². The maximum atomic E-state index is 12.9. The number of carbonyl (C=O) groups excluding carboxylic acids is 2. The lowest BCUT2D eigenvalue weighted by atomic mass is 10.0. The molecule has 26 heavy (non-hydrogen) atoms. The topological polar surface area (TPSA) is 40.6 Å². The van der Waals surface area contributed by atoms with Gasteiger partial charge in [-0.15, -0.1) is 0 Å². The Bertz CT molecular complexity index is 811. The van der Waals surface area contributed by atoms with Gasteiger partial charge in [-0.3, -0.25) is 9.59 Å². The van der Waals surface area contributed by atoms with Crippen LogP contribution in [-0.4, -0.2) is 35.8 Å². The van der Waals surface area contributed by atoms with Crippen LogP contribution >= 0.6 is 0 Å². The summed E-state index contributed by atoms with van der Waals surface area (Å²) in [5.41, 5.74) is 3.75. The van der Waals surface area contributed by atoms with Gasteiger partial charge in [0.25, 0.3) is 5.91 Å². The van der Waals surface area contributed by atoms with E-state index in [9.17, 15) is 9.59 Å². The molecular weight excluding hydrogens is 324 g/mol. The molecule has 0 aliphatic carbocycles. The summed E-state index contributed by atoms with van der Waals surface area (Å²) in [6.45, 7) is 9.09. The zero-order valence-corrected chi connectivity index (χ0v) is 15.9. The first-order valence-electron chi connectivity index (χ1n) is 9.18. The maximum absolute atomic E-state index is 12.9. The van der Waals surface area contributed by atoms with Gasteiger partial charge < -0.3 is 9.80 Å². The molecule has 0 saturated carbocycles. The van der Waals surface area contributed by atoms with E-state index in [1.54, 1.807) is 9.80 Å². The molecule has 0 radical (unpaired) electrons. The monoisotopic (exact) mass is 350 g/mol. The summed E-state index contributed by atoms with van der Waals surface area (Å²) >= 11 is 0. The van der Waals surface area contributed by atoms with Gasteiger partial charge in [0.15, 0.2) is 0 Å². The lowest BCUT2D eigenvalue weighted by Crippen LogP contribution is -2.57. The lowest BCUT2D eigenvalue weighted by Gasteiger charge is -2.39. The molecule has 1 saturated heterocycles. The van der Waals surface area contributed by atoms with Crippen LogP contribution in [-0.2, 0) is 4.79 Å². The lowest BCUT2D eigenvalue weighted by molar-refractivity contribution is -0.124. The molecule has 0 unspecified atom stereocenters. The van der Waals surface area contributed by atoms with E-state index in [1.807, 2.05) is 50.2 Å². The van der Waals surface area contributed by atoms with E-state index in [0.717, 1.165) is 11.3 Å². The van der Waals surface area contributed by atoms with Gasteiger partial charge in [-0.2, -0.15) is 0 Å². The predicted octanol–water partition coefficient (Wildman–Crippen LogP) is 4.00. The maximum Gasteiger partial charge on any atom is 0.254 e. The Kier molecular flexibility index (Phi) is 5.12. The Balaban J connectivity index is 1.78. The molecule has 1 fully saturated rings. The molecule has 1 atom stereocenters. The summed E-state index contributed by atoms with van der Waals surface area (Å²) in [5, 5.41) is 0. The van der Waals surface area contributed by atoms with Crippen LogP contribution < -0.4 is 4.90 Å². The van der Waals surface area contributed by atoms with Crippen molar-refractivity contribution < 1.29 is 9.59 Å². The van der Waals surface area contributed by atoms with Crippen molar-refractivity contribution in [1.82, 2.24) is 4.90 Å². The molecule has 2 aromatic rings. The highest BCUT2D eigenvalue weighted by Gasteiger charge is 2.35. The van der Waals surface area contributed by atoms with Crippen molar-refractivity contribution in [2.45, 2.75) is 39.7 Å². The number of hydrogen-bond donors (Lipinski definition) is 0. The summed E-state index contributed by atoms with van der Waals surface area (Å²) in [6.07, 6.45) is 0. The van der Waals surface area contributed by atoms with E-state index < -0.39 is 6.04 Å². The van der Waals surface area contributed by atoms with Crippen molar-refractivity contribution in [3.8, 4) is 0 Å². The molecule has 1 aliphatic heterocycles. The SMILES string of the molecule is Cc1ccccc1C(=O)N1CCN(c2ccc(C(C)C)cc2)C(=O)[C@H]1C. The number of carbonyl (C=O) groups is 2. The number of amides is 2. The quantitative estimate of drug-likeness (QED) is 0.840. The molecule has 4 heteroatoms. The minimum Gasteiger partial charge on any atom is -0.325 e. The average molecular weight is 350 g/mol. The van der Waals surface area contributed by atoms with Gasteiger partial charge in [0, 0.05) is 24.3 Å². The fraction of sp³-hybridized carbons (Fsp3) is 0.364. The highest BCUT2D eigenvalue weighted by Crippen LogP contribution is 2.24. The number of rotatable bonds is 3. The molecule has 0 N–H and O–H groups in total. The van der Waals surface area contributed by atoms with Crippen molar-refractivity contribution in [1.29, 1.82) is 0 Å². The van der Waals surface area contributed by atoms with E-state index in [4.69, 9.17) is 0 Å². The normalized spacial score (nSPS) is 17.7. The Morgan fingerprint density at radius 1 is 1.04 bits per heavy atom. The van der Waals surface area contributed by atoms with Gasteiger partial charge in [-0.1, -0.05) is 44.2 Å². The molecule has 4 nitrogen and oxygen atoms in total. The minimum absolute atomic E-state index is 0.0320. The Morgan fingerprint density at radius 2 is 1.69 bits per heavy atom. The fourth-order valence-electron chi connectivity index (χ4n) is 3.41. The molecule has 2 aromatic carbocycles. The molecule has 0 aromatic heterocycles. The third-order valence-electron chi connectivity index (χ3n) is 5.16. The Labute approximate surface area is 155 Å². The van der Waals surface area contributed by atoms with Crippen molar-refractivity contribution in [3.63, 3.8) is 0 Å². The summed E-state index contributed by atoms with van der Waals surface area (Å²) < 4.78 is 0. The first-order valence-corrected chi connectivity index (χ1v) is 9.18. The smallest absolute Gasteiger partial charge is 0.254 e. The molecule has 2 amide bonds. The van der Waals surface area contributed by atoms with Gasteiger partial charge >= 0.3 is 0 Å². The fourth-order valence-corrected chi connectivity index (χ4v) is 3.41. The highest BCUT2D eigenvalue weighted by molar-refractivity contribution is 6.03. The van der Waals surface area contributed by atoms with Crippen LogP contribution in [0, 0.1) is 6.92 Å². The van der Waals surface area contributed by atoms with Crippen molar-refractivity contribution in [2.24, 2.45) is 0 Å². The zero-order valence-electron chi connectivity index (χ0n) is 15.9. The van der Waals surface area contributed by atoms with Crippen LogP contribution in [0.2, 0.25) is 0 Å². The van der Waals surface area contributed by atoms with Crippen LogP contribution in [0.1, 0.15) is 48.2 Å². The number of benzene rings is 2. The van der Waals surface area contributed by atoms with Crippen molar-refractivity contribution in [3.05, 3.63) is 65.2 Å². The molecule has 3 rings (SSSR count). The molecular formula is C22H26N2O2. The van der Waals surface area contributed by atoms with E-state index >= 15 is 0 Å². The zero-order chi connectivity index (χ0) is 18.8. The summed E-state index contributed by atoms with van der Waals surface area (Å²) in [4.78, 5) is 29.3. The van der Waals surface area contributed by atoms with Crippen LogP contribution in [0.4, 0.5) is 5.69 Å².